The number of benzene rings is 2. The molecule has 2 fully saturated rings. The van der Waals surface area contributed by atoms with E-state index in [0.717, 1.165) is 30.3 Å². The van der Waals surface area contributed by atoms with Crippen molar-refractivity contribution in [2.75, 3.05) is 13.2 Å². The number of fused-ring (bicyclic) bond motifs is 1. The fraction of sp³-hybridized carbons (Fsp3) is 0.433. The number of phenolic OH excluding ortho intramolecular Hbond substituents is 2. The number of aliphatic hydroxyl groups is 7. The van der Waals surface area contributed by atoms with Gasteiger partial charge in [-0.25, -0.2) is 0 Å². The molecule has 0 spiro atoms. The molecule has 1 aromatic carbocycles. The van der Waals surface area contributed by atoms with Gasteiger partial charge in [-0.05, 0) is 23.9 Å². The number of aliphatic carboxylic acids is 1. The maximum Gasteiger partial charge on any atom is 0.317 e. The summed E-state index contributed by atoms with van der Waals surface area (Å²) in [7, 11) is 0. The first-order valence-electron chi connectivity index (χ1n) is 14.7. The molecular formula is C30H31O20-. The number of carboxylic acids is 1. The number of carboxylic acid groups (broad SMARTS) is 1. The van der Waals surface area contributed by atoms with Gasteiger partial charge in [0.15, 0.2) is 16.9 Å². The van der Waals surface area contributed by atoms with Gasteiger partial charge in [0.25, 0.3) is 0 Å². The van der Waals surface area contributed by atoms with Crippen molar-refractivity contribution in [3.05, 3.63) is 40.6 Å². The number of carbonyl (C=O) groups is 2. The van der Waals surface area contributed by atoms with E-state index in [1.54, 1.807) is 0 Å². The summed E-state index contributed by atoms with van der Waals surface area (Å²) < 4.78 is 32.6. The maximum absolute atomic E-state index is 12.9. The molecular weight excluding hydrogens is 680 g/mol. The molecule has 3 aliphatic heterocycles. The molecule has 0 unspecified atom stereocenters. The van der Waals surface area contributed by atoms with Crippen LogP contribution in [0, 0.1) is 0 Å². The standard InChI is InChI=1S/C30H32O20/c31-7-17-22(39)24(41)26(43)29(49-17)47-15-2-9(1-13(34)21(15)38)28-16(5-11-12(33)3-10(32)4-14(11)46-28)48-30-27(44)25(42)23(40)18(50-30)8-45-20(37)6-19(35)36/h1-5,17-18,22-27,29-31,33-34,38-44H,6-8H2,(H,35,36)/p-1/t17-,18-,22-,23-,24+,25+,26-,27-,29-,30-/m1/s1. The van der Waals surface area contributed by atoms with Gasteiger partial charge >= 0.3 is 11.9 Å². The lowest BCUT2D eigenvalue weighted by Crippen LogP contribution is -2.60. The Labute approximate surface area is 279 Å². The first kappa shape index (κ1) is 36.5. The van der Waals surface area contributed by atoms with Crippen LogP contribution in [-0.2, 0) is 23.8 Å². The van der Waals surface area contributed by atoms with Gasteiger partial charge in [0.2, 0.25) is 12.6 Å². The minimum Gasteiger partial charge on any atom is -0.867 e. The Kier molecular flexibility index (Phi) is 10.7. The predicted molar refractivity (Wildman–Crippen MR) is 155 cm³/mol. The van der Waals surface area contributed by atoms with Crippen LogP contribution in [0.4, 0.5) is 0 Å². The third-order valence-electron chi connectivity index (χ3n) is 7.81. The van der Waals surface area contributed by atoms with Crippen molar-refractivity contribution in [3.8, 4) is 51.4 Å². The van der Waals surface area contributed by atoms with Gasteiger partial charge < -0.3 is 84.3 Å². The number of aromatic hydroxyl groups is 2. The molecule has 0 aromatic heterocycles. The third-order valence-corrected chi connectivity index (χ3v) is 7.81. The summed E-state index contributed by atoms with van der Waals surface area (Å²) in [6, 6.07) is 4.66. The van der Waals surface area contributed by atoms with Crippen LogP contribution in [0.2, 0.25) is 0 Å². The molecule has 0 radical (unpaired) electrons. The summed E-state index contributed by atoms with van der Waals surface area (Å²) >= 11 is 0. The molecule has 4 aliphatic rings. The van der Waals surface area contributed by atoms with Gasteiger partial charge in [-0.1, -0.05) is 0 Å². The Hall–Kier alpha value is -4.77. The lowest BCUT2D eigenvalue weighted by molar-refractivity contribution is -0.290. The number of ether oxygens (including phenoxy) is 5. The number of rotatable bonds is 10. The number of aliphatic hydroxyl groups excluding tert-OH is 7. The Morgan fingerprint density at radius 1 is 0.760 bits per heavy atom. The van der Waals surface area contributed by atoms with Crippen molar-refractivity contribution < 1.29 is 93.9 Å². The third kappa shape index (κ3) is 7.38. The maximum atomic E-state index is 12.9. The van der Waals surface area contributed by atoms with Gasteiger partial charge in [0.1, 0.15) is 84.9 Å². The van der Waals surface area contributed by atoms with E-state index in [0.29, 0.717) is 0 Å². The van der Waals surface area contributed by atoms with Gasteiger partial charge in [-0.15, -0.1) is 0 Å². The highest BCUT2D eigenvalue weighted by Crippen LogP contribution is 2.45. The van der Waals surface area contributed by atoms with E-state index in [1.165, 1.54) is 0 Å². The van der Waals surface area contributed by atoms with Crippen molar-refractivity contribution in [1.29, 1.82) is 0 Å². The van der Waals surface area contributed by atoms with Crippen LogP contribution in [0.15, 0.2) is 39.5 Å². The molecule has 10 N–H and O–H groups in total. The summed E-state index contributed by atoms with van der Waals surface area (Å²) in [5.41, 5.74) is -1.11. The molecule has 10 atom stereocenters. The summed E-state index contributed by atoms with van der Waals surface area (Å²) in [5, 5.41) is 114. The van der Waals surface area contributed by atoms with Crippen LogP contribution < -0.4 is 20.0 Å². The fourth-order valence-electron chi connectivity index (χ4n) is 5.18. The Morgan fingerprint density at radius 2 is 1.36 bits per heavy atom. The van der Waals surface area contributed by atoms with Crippen LogP contribution in [-0.4, -0.2) is 138 Å². The molecule has 2 saturated heterocycles. The topological polar surface area (TPSA) is 336 Å². The molecule has 0 saturated carbocycles. The van der Waals surface area contributed by atoms with Crippen LogP contribution in [0.25, 0.3) is 22.6 Å². The molecule has 0 bridgehead atoms. The Morgan fingerprint density at radius 3 is 1.98 bits per heavy atom. The summed E-state index contributed by atoms with van der Waals surface area (Å²) in [6.07, 6.45) is -19.3. The zero-order valence-corrected chi connectivity index (χ0v) is 25.3. The van der Waals surface area contributed by atoms with E-state index < -0.39 is 133 Å². The van der Waals surface area contributed by atoms with E-state index in [2.05, 4.69) is 0 Å². The van der Waals surface area contributed by atoms with Crippen LogP contribution in [0.1, 0.15) is 6.42 Å². The summed E-state index contributed by atoms with van der Waals surface area (Å²) in [5.74, 6) is -7.37. The molecule has 20 heteroatoms. The molecule has 1 aromatic rings. The summed E-state index contributed by atoms with van der Waals surface area (Å²) in [6.45, 7) is -1.62. The lowest BCUT2D eigenvalue weighted by Gasteiger charge is -2.40. The van der Waals surface area contributed by atoms with Gasteiger partial charge in [0.05, 0.1) is 12.2 Å². The molecule has 3 heterocycles. The van der Waals surface area contributed by atoms with E-state index >= 15 is 0 Å². The second kappa shape index (κ2) is 14.6. The molecule has 20 nitrogen and oxygen atoms in total. The number of hydrogen-bond acceptors (Lipinski definition) is 19. The molecule has 50 heavy (non-hydrogen) atoms. The van der Waals surface area contributed by atoms with E-state index in [-0.39, 0.29) is 16.9 Å². The first-order valence-corrected chi connectivity index (χ1v) is 14.7. The first-order chi connectivity index (χ1) is 23.6. The van der Waals surface area contributed by atoms with Crippen molar-refractivity contribution in [3.63, 3.8) is 0 Å². The van der Waals surface area contributed by atoms with Gasteiger partial charge in [-0.2, -0.15) is 0 Å². The van der Waals surface area contributed by atoms with Crippen molar-refractivity contribution in [1.82, 2.24) is 0 Å². The van der Waals surface area contributed by atoms with Crippen LogP contribution >= 0.6 is 0 Å². The normalized spacial score (nSPS) is 29.7. The largest absolute Gasteiger partial charge is 0.867 e. The summed E-state index contributed by atoms with van der Waals surface area (Å²) in [4.78, 5) is 34.7. The average Bonchev–Trinajstić information content (AvgIpc) is 3.06. The van der Waals surface area contributed by atoms with Gasteiger partial charge in [0, 0.05) is 17.7 Å². The van der Waals surface area contributed by atoms with Crippen molar-refractivity contribution in [2.24, 2.45) is 0 Å². The average molecular weight is 712 g/mol. The number of esters is 1. The van der Waals surface area contributed by atoms with Gasteiger partial charge in [-0.3, -0.25) is 14.4 Å². The quantitative estimate of drug-likeness (QED) is 0.0714. The number of carbonyl (C=O) groups excluding carboxylic acids is 1. The minimum atomic E-state index is -2.01. The van der Waals surface area contributed by atoms with E-state index in [9.17, 15) is 65.4 Å². The van der Waals surface area contributed by atoms with E-state index in [4.69, 9.17) is 33.2 Å². The highest BCUT2D eigenvalue weighted by atomic mass is 16.7. The second-order valence-corrected chi connectivity index (χ2v) is 11.3. The highest BCUT2D eigenvalue weighted by molar-refractivity contribution is 5.90. The molecule has 272 valence electrons. The Bertz CT molecular complexity index is 1740. The smallest absolute Gasteiger partial charge is 0.317 e. The molecule has 5 rings (SSSR count). The number of hydrogen-bond donors (Lipinski definition) is 10. The second-order valence-electron chi connectivity index (χ2n) is 11.3. The highest BCUT2D eigenvalue weighted by Gasteiger charge is 2.47. The molecule has 0 amide bonds. The van der Waals surface area contributed by atoms with Crippen LogP contribution in [0.5, 0.6) is 28.7 Å². The lowest BCUT2D eigenvalue weighted by atomic mass is 9.99. The fourth-order valence-corrected chi connectivity index (χ4v) is 5.18. The predicted octanol–water partition coefficient (Wildman–Crippen LogP) is -3.72. The monoisotopic (exact) mass is 711 g/mol. The number of phenols is 2. The molecule has 1 aliphatic carbocycles. The zero-order chi connectivity index (χ0) is 36.6. The SMILES string of the molecule is O=C(O)CC(=O)OC[C@H]1O[C@@H](Oc2cc3c(O)cc(=O)cc-3oc2-c2cc(O)c([O-])c(O[C@@H]3O[C@H](CO)[C@@H](O)[C@H](O)[C@H]3O)c2)[C@H](O)[C@@H](O)[C@@H]1O. The Balaban J connectivity index is 1.53. The minimum absolute atomic E-state index is 0.143. The zero-order valence-electron chi connectivity index (χ0n) is 25.3. The van der Waals surface area contributed by atoms with E-state index in [1.807, 2.05) is 0 Å². The van der Waals surface area contributed by atoms with Crippen molar-refractivity contribution >= 4 is 11.9 Å². The van der Waals surface area contributed by atoms with Crippen molar-refractivity contribution in [2.45, 2.75) is 67.8 Å². The van der Waals surface area contributed by atoms with Crippen LogP contribution in [0.3, 0.4) is 0 Å².